The molecule has 0 radical (unpaired) electrons. The molecule has 0 unspecified atom stereocenters. The summed E-state index contributed by atoms with van der Waals surface area (Å²) in [6.07, 6.45) is 4.33. The third kappa shape index (κ3) is 7.85. The molecular formula is C29H42O5SSi2. The van der Waals surface area contributed by atoms with Crippen LogP contribution in [0.4, 0.5) is 0 Å². The molecule has 2 aromatic rings. The van der Waals surface area contributed by atoms with Gasteiger partial charge in [0.2, 0.25) is 16.6 Å². The van der Waals surface area contributed by atoms with E-state index in [9.17, 15) is 8.42 Å². The molecule has 0 heterocycles. The Balaban J connectivity index is 2.24. The molecular weight excluding hydrogens is 517 g/mol. The van der Waals surface area contributed by atoms with E-state index in [4.69, 9.17) is 13.0 Å². The van der Waals surface area contributed by atoms with Crippen molar-refractivity contribution in [1.82, 2.24) is 0 Å². The number of aryl methyl sites for hydroxylation is 1. The third-order valence-electron chi connectivity index (χ3n) is 6.14. The van der Waals surface area contributed by atoms with E-state index in [0.717, 1.165) is 29.5 Å². The lowest BCUT2D eigenvalue weighted by Crippen LogP contribution is -2.33. The van der Waals surface area contributed by atoms with Crippen molar-refractivity contribution in [3.8, 4) is 17.2 Å². The molecule has 2 atom stereocenters. The van der Waals surface area contributed by atoms with Gasteiger partial charge in [-0.05, 0) is 90.9 Å². The first-order valence-corrected chi connectivity index (χ1v) is 21.1. The van der Waals surface area contributed by atoms with E-state index in [-0.39, 0.29) is 22.5 Å². The first kappa shape index (κ1) is 29.3. The van der Waals surface area contributed by atoms with E-state index in [1.807, 2.05) is 6.92 Å². The topological polar surface area (TPSA) is 61.8 Å². The van der Waals surface area contributed by atoms with E-state index in [0.29, 0.717) is 11.5 Å². The van der Waals surface area contributed by atoms with Gasteiger partial charge in [-0.1, -0.05) is 41.5 Å². The summed E-state index contributed by atoms with van der Waals surface area (Å²) >= 11 is 0. The molecule has 0 amide bonds. The van der Waals surface area contributed by atoms with Gasteiger partial charge in [0.05, 0.1) is 0 Å². The molecule has 202 valence electrons. The second-order valence-corrected chi connectivity index (χ2v) is 22.5. The lowest BCUT2D eigenvalue weighted by molar-refractivity contribution is 0.443. The predicted molar refractivity (Wildman–Crippen MR) is 157 cm³/mol. The maximum atomic E-state index is 13.2. The summed E-state index contributed by atoms with van der Waals surface area (Å²) < 4.78 is 45.3. The van der Waals surface area contributed by atoms with Crippen LogP contribution in [0.15, 0.2) is 65.1 Å². The van der Waals surface area contributed by atoms with Crippen molar-refractivity contribution in [3.63, 3.8) is 0 Å². The van der Waals surface area contributed by atoms with E-state index < -0.39 is 26.8 Å². The van der Waals surface area contributed by atoms with Gasteiger partial charge in [-0.3, -0.25) is 0 Å². The molecule has 0 fully saturated rings. The molecule has 0 aliphatic heterocycles. The summed E-state index contributed by atoms with van der Waals surface area (Å²) in [6.45, 7) is 23.1. The van der Waals surface area contributed by atoms with Crippen LogP contribution in [-0.4, -0.2) is 25.1 Å². The average Bonchev–Trinajstić information content (AvgIpc) is 2.71. The van der Waals surface area contributed by atoms with Crippen molar-refractivity contribution >= 4 is 26.8 Å². The van der Waals surface area contributed by atoms with Gasteiger partial charge in [-0.25, -0.2) is 0 Å². The highest BCUT2D eigenvalue weighted by Gasteiger charge is 2.34. The number of hydrogen-bond acceptors (Lipinski definition) is 5. The minimum absolute atomic E-state index is 0.0201. The fourth-order valence-corrected chi connectivity index (χ4v) is 7.14. The van der Waals surface area contributed by atoms with Crippen LogP contribution in [0.5, 0.6) is 17.2 Å². The molecule has 3 rings (SSSR count). The Labute approximate surface area is 225 Å². The normalized spacial score (nSPS) is 18.7. The van der Waals surface area contributed by atoms with E-state index in [1.54, 1.807) is 36.4 Å². The van der Waals surface area contributed by atoms with Gasteiger partial charge in [0.1, 0.15) is 22.1 Å². The van der Waals surface area contributed by atoms with Gasteiger partial charge in [-0.2, -0.15) is 8.42 Å². The standard InChI is InChI=1S/C29H42O5SSi2/c1-20(2)25-16-13-22(4)17-26(25)29-27(33-36(5,6)7)18-23(19-28(29)34-37(8,9)10)32-35(30,31)24-14-11-21(3)12-15-24/h11-12,14-15,17-19,25-26H,1,13,16H2,2-10H3/t25-,26+/m0/s1. The molecule has 0 bridgehead atoms. The first-order valence-electron chi connectivity index (χ1n) is 12.8. The summed E-state index contributed by atoms with van der Waals surface area (Å²) in [5, 5.41) is 0. The Morgan fingerprint density at radius 2 is 1.43 bits per heavy atom. The largest absolute Gasteiger partial charge is 0.544 e. The third-order valence-corrected chi connectivity index (χ3v) is 9.07. The Bertz CT molecular complexity index is 1250. The molecule has 2 aromatic carbocycles. The molecule has 0 saturated carbocycles. The smallest absolute Gasteiger partial charge is 0.339 e. The second kappa shape index (κ2) is 10.8. The SMILES string of the molecule is C=C(C)[C@@H]1CCC(C)=C[C@H]1c1c(O[Si](C)(C)C)cc(OS(=O)(=O)c2ccc(C)cc2)cc1O[Si](C)(C)C. The summed E-state index contributed by atoms with van der Waals surface area (Å²) in [5.74, 6) is 1.71. The van der Waals surface area contributed by atoms with E-state index in [2.05, 4.69) is 65.8 Å². The van der Waals surface area contributed by atoms with Crippen molar-refractivity contribution in [2.45, 2.75) is 83.7 Å². The van der Waals surface area contributed by atoms with Crippen LogP contribution >= 0.6 is 0 Å². The predicted octanol–water partition coefficient (Wildman–Crippen LogP) is 8.21. The average molecular weight is 559 g/mol. The van der Waals surface area contributed by atoms with Crippen LogP contribution in [0.2, 0.25) is 39.3 Å². The second-order valence-electron chi connectivity index (χ2n) is 12.1. The van der Waals surface area contributed by atoms with Crippen LogP contribution in [0.3, 0.4) is 0 Å². The molecule has 0 spiro atoms. The van der Waals surface area contributed by atoms with Crippen LogP contribution < -0.4 is 13.0 Å². The van der Waals surface area contributed by atoms with Crippen molar-refractivity contribution in [1.29, 1.82) is 0 Å². The quantitative estimate of drug-likeness (QED) is 0.176. The fraction of sp³-hybridized carbons (Fsp3) is 0.448. The summed E-state index contributed by atoms with van der Waals surface area (Å²) in [5.41, 5.74) is 4.37. The highest BCUT2D eigenvalue weighted by atomic mass is 32.2. The molecule has 8 heteroatoms. The molecule has 0 aromatic heterocycles. The Morgan fingerprint density at radius 3 is 1.89 bits per heavy atom. The van der Waals surface area contributed by atoms with Crippen LogP contribution in [0.1, 0.15) is 43.7 Å². The molecule has 37 heavy (non-hydrogen) atoms. The zero-order valence-electron chi connectivity index (χ0n) is 23.8. The van der Waals surface area contributed by atoms with Crippen LogP contribution in [0, 0.1) is 12.8 Å². The van der Waals surface area contributed by atoms with Crippen LogP contribution in [-0.2, 0) is 10.1 Å². The first-order chi connectivity index (χ1) is 16.9. The lowest BCUT2D eigenvalue weighted by atomic mass is 9.74. The van der Waals surface area contributed by atoms with Crippen molar-refractivity contribution in [2.75, 3.05) is 0 Å². The molecule has 1 aliphatic carbocycles. The highest BCUT2D eigenvalue weighted by molar-refractivity contribution is 7.87. The Morgan fingerprint density at radius 1 is 0.919 bits per heavy atom. The van der Waals surface area contributed by atoms with Crippen molar-refractivity contribution in [2.24, 2.45) is 5.92 Å². The number of rotatable bonds is 9. The molecule has 0 N–H and O–H groups in total. The van der Waals surface area contributed by atoms with Gasteiger partial charge in [0, 0.05) is 23.6 Å². The number of allylic oxidation sites excluding steroid dienone is 3. The lowest BCUT2D eigenvalue weighted by Gasteiger charge is -2.35. The van der Waals surface area contributed by atoms with Gasteiger partial charge in [0.15, 0.2) is 0 Å². The van der Waals surface area contributed by atoms with Crippen molar-refractivity contribution < 1.29 is 21.5 Å². The maximum absolute atomic E-state index is 13.2. The summed E-state index contributed by atoms with van der Waals surface area (Å²) in [4.78, 5) is 0.107. The van der Waals surface area contributed by atoms with Gasteiger partial charge in [0.25, 0.3) is 0 Å². The molecule has 1 aliphatic rings. The summed E-state index contributed by atoms with van der Waals surface area (Å²) in [7, 11) is -8.21. The minimum Gasteiger partial charge on any atom is -0.544 e. The van der Waals surface area contributed by atoms with Gasteiger partial charge >= 0.3 is 10.1 Å². The zero-order chi connectivity index (χ0) is 27.8. The highest BCUT2D eigenvalue weighted by Crippen LogP contribution is 2.49. The number of benzene rings is 2. The maximum Gasteiger partial charge on any atom is 0.339 e. The molecule has 0 saturated heterocycles. The van der Waals surface area contributed by atoms with Crippen LogP contribution in [0.25, 0.3) is 0 Å². The minimum atomic E-state index is -4.04. The van der Waals surface area contributed by atoms with Gasteiger partial charge < -0.3 is 13.0 Å². The number of hydrogen-bond donors (Lipinski definition) is 0. The van der Waals surface area contributed by atoms with Crippen molar-refractivity contribution in [3.05, 3.63) is 71.3 Å². The monoisotopic (exact) mass is 558 g/mol. The molecule has 5 nitrogen and oxygen atoms in total. The fourth-order valence-electron chi connectivity index (χ4n) is 4.57. The summed E-state index contributed by atoms with van der Waals surface area (Å²) in [6, 6.07) is 10.1. The van der Waals surface area contributed by atoms with Gasteiger partial charge in [-0.15, -0.1) is 0 Å². The zero-order valence-corrected chi connectivity index (χ0v) is 26.6. The van der Waals surface area contributed by atoms with E-state index in [1.165, 1.54) is 5.57 Å². The Kier molecular flexibility index (Phi) is 8.56. The van der Waals surface area contributed by atoms with E-state index >= 15 is 0 Å². The Hall–Kier alpha value is -2.30.